The molecular formula is C11H24N2O2S. The molecule has 1 fully saturated rings. The average Bonchev–Trinajstić information content (AvgIpc) is 2.28. The van der Waals surface area contributed by atoms with Crippen LogP contribution in [0.25, 0.3) is 0 Å². The van der Waals surface area contributed by atoms with E-state index in [4.69, 9.17) is 5.73 Å². The van der Waals surface area contributed by atoms with Crippen LogP contribution in [-0.4, -0.2) is 26.8 Å². The van der Waals surface area contributed by atoms with Gasteiger partial charge in [0.05, 0.1) is 5.25 Å². The van der Waals surface area contributed by atoms with Crippen LogP contribution in [0.1, 0.15) is 46.0 Å². The molecule has 5 heteroatoms. The second kappa shape index (κ2) is 5.47. The second-order valence-electron chi connectivity index (χ2n) is 5.49. The Hall–Kier alpha value is -0.130. The normalized spacial score (nSPS) is 19.9. The lowest BCUT2D eigenvalue weighted by Gasteiger charge is -2.26. The topological polar surface area (TPSA) is 72.2 Å². The minimum atomic E-state index is -3.13. The van der Waals surface area contributed by atoms with Gasteiger partial charge in [-0.3, -0.25) is 0 Å². The van der Waals surface area contributed by atoms with Crippen LogP contribution in [0.2, 0.25) is 0 Å². The number of nitrogens with one attached hydrogen (secondary N) is 1. The summed E-state index contributed by atoms with van der Waals surface area (Å²) < 4.78 is 26.7. The Labute approximate surface area is 99.0 Å². The molecule has 0 heterocycles. The van der Waals surface area contributed by atoms with E-state index in [1.165, 1.54) is 6.42 Å². The third-order valence-electron chi connectivity index (χ3n) is 3.30. The van der Waals surface area contributed by atoms with Crippen molar-refractivity contribution in [3.8, 4) is 0 Å². The highest BCUT2D eigenvalue weighted by Crippen LogP contribution is 2.23. The van der Waals surface area contributed by atoms with Crippen LogP contribution >= 0.6 is 0 Å². The molecule has 1 aliphatic carbocycles. The molecule has 1 rings (SSSR count). The van der Waals surface area contributed by atoms with Gasteiger partial charge in [-0.2, -0.15) is 0 Å². The molecule has 0 aromatic rings. The molecule has 4 nitrogen and oxygen atoms in total. The molecular weight excluding hydrogens is 224 g/mol. The number of nitrogens with two attached hydrogens (primary N) is 1. The summed E-state index contributed by atoms with van der Waals surface area (Å²) in [5, 5.41) is -0.185. The van der Waals surface area contributed by atoms with Crippen molar-refractivity contribution in [3.63, 3.8) is 0 Å². The third kappa shape index (κ3) is 4.03. The maximum absolute atomic E-state index is 12.0. The number of hydrogen-bond acceptors (Lipinski definition) is 3. The molecule has 0 atom stereocenters. The van der Waals surface area contributed by atoms with Gasteiger partial charge in [0.15, 0.2) is 0 Å². The average molecular weight is 248 g/mol. The lowest BCUT2D eigenvalue weighted by molar-refractivity contribution is 0.373. The minimum absolute atomic E-state index is 0.165. The molecule has 0 aliphatic heterocycles. The summed E-state index contributed by atoms with van der Waals surface area (Å²) in [6, 6.07) is 0. The largest absolute Gasteiger partial charge is 0.330 e. The highest BCUT2D eigenvalue weighted by atomic mass is 32.2. The summed E-state index contributed by atoms with van der Waals surface area (Å²) in [5.74, 6) is 0. The Balaban J connectivity index is 2.51. The predicted molar refractivity (Wildman–Crippen MR) is 66.6 cm³/mol. The van der Waals surface area contributed by atoms with E-state index >= 15 is 0 Å². The quantitative estimate of drug-likeness (QED) is 0.768. The monoisotopic (exact) mass is 248 g/mol. The van der Waals surface area contributed by atoms with Crippen LogP contribution < -0.4 is 10.5 Å². The zero-order chi connectivity index (χ0) is 12.2. The first-order valence-corrected chi connectivity index (χ1v) is 7.60. The molecule has 1 saturated carbocycles. The molecule has 1 aliphatic rings. The summed E-state index contributed by atoms with van der Waals surface area (Å²) in [6.07, 6.45) is 4.84. The zero-order valence-corrected chi connectivity index (χ0v) is 11.1. The van der Waals surface area contributed by atoms with Crippen LogP contribution in [-0.2, 0) is 10.0 Å². The molecule has 0 spiro atoms. The van der Waals surface area contributed by atoms with Crippen molar-refractivity contribution in [2.24, 2.45) is 11.1 Å². The Morgan fingerprint density at radius 2 is 1.81 bits per heavy atom. The molecule has 96 valence electrons. The van der Waals surface area contributed by atoms with Crippen LogP contribution in [0.4, 0.5) is 0 Å². The van der Waals surface area contributed by atoms with Gasteiger partial charge >= 0.3 is 0 Å². The van der Waals surface area contributed by atoms with Gasteiger partial charge in [0.25, 0.3) is 0 Å². The molecule has 0 radical (unpaired) electrons. The lowest BCUT2D eigenvalue weighted by atomic mass is 9.95. The molecule has 0 bridgehead atoms. The van der Waals surface area contributed by atoms with Crippen molar-refractivity contribution in [2.75, 3.05) is 13.1 Å². The van der Waals surface area contributed by atoms with E-state index in [2.05, 4.69) is 4.72 Å². The summed E-state index contributed by atoms with van der Waals surface area (Å²) in [6.45, 7) is 4.86. The molecule has 0 unspecified atom stereocenters. The summed E-state index contributed by atoms with van der Waals surface area (Å²) in [5.41, 5.74) is 5.41. The van der Waals surface area contributed by atoms with E-state index in [0.717, 1.165) is 25.7 Å². The van der Waals surface area contributed by atoms with E-state index in [-0.39, 0.29) is 10.7 Å². The van der Waals surface area contributed by atoms with Crippen LogP contribution in [0.5, 0.6) is 0 Å². The van der Waals surface area contributed by atoms with Gasteiger partial charge in [-0.25, -0.2) is 13.1 Å². The first kappa shape index (κ1) is 13.9. The van der Waals surface area contributed by atoms with Crippen LogP contribution in [0.15, 0.2) is 0 Å². The van der Waals surface area contributed by atoms with Gasteiger partial charge in [-0.15, -0.1) is 0 Å². The number of hydrogen-bond donors (Lipinski definition) is 2. The maximum Gasteiger partial charge on any atom is 0.214 e. The first-order valence-electron chi connectivity index (χ1n) is 6.06. The maximum atomic E-state index is 12.0. The van der Waals surface area contributed by atoms with Gasteiger partial charge in [0.1, 0.15) is 0 Å². The van der Waals surface area contributed by atoms with E-state index in [0.29, 0.717) is 13.1 Å². The molecule has 0 aromatic carbocycles. The Bertz CT molecular complexity index is 306. The van der Waals surface area contributed by atoms with Crippen molar-refractivity contribution in [1.82, 2.24) is 4.72 Å². The first-order chi connectivity index (χ1) is 7.37. The van der Waals surface area contributed by atoms with Gasteiger partial charge in [-0.05, 0) is 24.8 Å². The predicted octanol–water partition coefficient (Wildman–Crippen LogP) is 1.22. The van der Waals surface area contributed by atoms with Crippen LogP contribution in [0, 0.1) is 5.41 Å². The summed E-state index contributed by atoms with van der Waals surface area (Å²) in [4.78, 5) is 0. The summed E-state index contributed by atoms with van der Waals surface area (Å²) in [7, 11) is -3.13. The van der Waals surface area contributed by atoms with E-state index in [1.54, 1.807) is 0 Å². The smallest absolute Gasteiger partial charge is 0.214 e. The molecule has 0 aromatic heterocycles. The fraction of sp³-hybridized carbons (Fsp3) is 1.00. The summed E-state index contributed by atoms with van der Waals surface area (Å²) >= 11 is 0. The lowest BCUT2D eigenvalue weighted by Crippen LogP contribution is -2.42. The van der Waals surface area contributed by atoms with E-state index in [9.17, 15) is 8.42 Å². The molecule has 16 heavy (non-hydrogen) atoms. The number of rotatable bonds is 5. The Morgan fingerprint density at radius 3 is 2.31 bits per heavy atom. The fourth-order valence-corrected chi connectivity index (χ4v) is 3.64. The second-order valence-corrected chi connectivity index (χ2v) is 7.54. The minimum Gasteiger partial charge on any atom is -0.330 e. The van der Waals surface area contributed by atoms with Crippen molar-refractivity contribution in [2.45, 2.75) is 51.2 Å². The van der Waals surface area contributed by atoms with Crippen molar-refractivity contribution < 1.29 is 8.42 Å². The van der Waals surface area contributed by atoms with E-state index in [1.807, 2.05) is 13.8 Å². The third-order valence-corrected chi connectivity index (χ3v) is 5.19. The Kier molecular flexibility index (Phi) is 4.76. The van der Waals surface area contributed by atoms with Crippen LogP contribution in [0.3, 0.4) is 0 Å². The highest BCUT2D eigenvalue weighted by Gasteiger charge is 2.28. The van der Waals surface area contributed by atoms with Gasteiger partial charge in [-0.1, -0.05) is 33.1 Å². The van der Waals surface area contributed by atoms with Crippen molar-refractivity contribution >= 4 is 10.0 Å². The van der Waals surface area contributed by atoms with Gasteiger partial charge in [0.2, 0.25) is 10.0 Å². The number of sulfonamides is 1. The Morgan fingerprint density at radius 1 is 1.25 bits per heavy atom. The molecule has 0 amide bonds. The van der Waals surface area contributed by atoms with Gasteiger partial charge in [0, 0.05) is 6.54 Å². The zero-order valence-electron chi connectivity index (χ0n) is 10.3. The van der Waals surface area contributed by atoms with Crippen molar-refractivity contribution in [3.05, 3.63) is 0 Å². The molecule has 3 N–H and O–H groups in total. The van der Waals surface area contributed by atoms with Crippen molar-refractivity contribution in [1.29, 1.82) is 0 Å². The van der Waals surface area contributed by atoms with Gasteiger partial charge < -0.3 is 5.73 Å². The SMILES string of the molecule is CC(C)(CN)CNS(=O)(=O)C1CCCCC1. The van der Waals surface area contributed by atoms with E-state index < -0.39 is 10.0 Å². The highest BCUT2D eigenvalue weighted by molar-refractivity contribution is 7.90. The fourth-order valence-electron chi connectivity index (χ4n) is 1.86. The standard InChI is InChI=1S/C11H24N2O2S/c1-11(2,8-12)9-13-16(14,15)10-6-4-3-5-7-10/h10,13H,3-9,12H2,1-2H3. The molecule has 0 saturated heterocycles.